The van der Waals surface area contributed by atoms with Gasteiger partial charge in [-0.1, -0.05) is 42.5 Å². The quantitative estimate of drug-likeness (QED) is 0.247. The van der Waals surface area contributed by atoms with Crippen LogP contribution in [-0.4, -0.2) is 30.1 Å². The summed E-state index contributed by atoms with van der Waals surface area (Å²) in [7, 11) is 1.33. The lowest BCUT2D eigenvalue weighted by atomic mass is 10.1. The first-order valence-electron chi connectivity index (χ1n) is 11.8. The van der Waals surface area contributed by atoms with Gasteiger partial charge in [0.1, 0.15) is 11.5 Å². The van der Waals surface area contributed by atoms with Gasteiger partial charge in [0.2, 0.25) is 0 Å². The molecule has 0 radical (unpaired) electrons. The van der Waals surface area contributed by atoms with Crippen LogP contribution in [0.3, 0.4) is 0 Å². The Balaban J connectivity index is 1.50. The van der Waals surface area contributed by atoms with Crippen LogP contribution >= 0.6 is 0 Å². The molecule has 188 valence electrons. The Bertz CT molecular complexity index is 1610. The molecule has 5 rings (SSSR count). The minimum absolute atomic E-state index is 0.154. The van der Waals surface area contributed by atoms with Crippen molar-refractivity contribution in [2.24, 2.45) is 0 Å². The molecule has 1 aromatic heterocycles. The minimum Gasteiger partial charge on any atom is -0.478 e. The van der Waals surface area contributed by atoms with Gasteiger partial charge in [0.25, 0.3) is 5.91 Å². The highest BCUT2D eigenvalue weighted by molar-refractivity contribution is 6.23. The van der Waals surface area contributed by atoms with Gasteiger partial charge in [-0.3, -0.25) is 9.69 Å². The number of aromatic carboxylic acids is 1. The highest BCUT2D eigenvalue weighted by Gasteiger charge is 2.31. The van der Waals surface area contributed by atoms with E-state index in [1.807, 2.05) is 30.3 Å². The number of methoxy groups -OCH3 is 1. The maximum atomic E-state index is 13.7. The zero-order valence-electron chi connectivity index (χ0n) is 20.7. The second kappa shape index (κ2) is 10.1. The number of carboxylic acid groups (broad SMARTS) is 1. The van der Waals surface area contributed by atoms with Crippen LogP contribution in [0.1, 0.15) is 37.6 Å². The molecule has 0 fully saturated rings. The van der Waals surface area contributed by atoms with Crippen molar-refractivity contribution in [1.82, 2.24) is 0 Å². The van der Waals surface area contributed by atoms with E-state index < -0.39 is 11.9 Å². The number of rotatable bonds is 6. The van der Waals surface area contributed by atoms with Gasteiger partial charge in [-0.2, -0.15) is 0 Å². The topological polar surface area (TPSA) is 97.0 Å². The van der Waals surface area contributed by atoms with Crippen molar-refractivity contribution in [1.29, 1.82) is 0 Å². The molecule has 0 bridgehead atoms. The summed E-state index contributed by atoms with van der Waals surface area (Å²) in [5.41, 5.74) is 4.58. The van der Waals surface area contributed by atoms with E-state index in [1.54, 1.807) is 72.5 Å². The number of nitrogens with zero attached hydrogens (tertiary/aromatic N) is 1. The number of furan rings is 1. The summed E-state index contributed by atoms with van der Waals surface area (Å²) < 4.78 is 10.7. The zero-order valence-corrected chi connectivity index (χ0v) is 20.7. The molecule has 1 aliphatic rings. The number of hydrogen-bond acceptors (Lipinski definition) is 5. The third kappa shape index (κ3) is 4.65. The molecule has 4 aromatic rings. The number of aryl methyl sites for hydroxylation is 1. The largest absolute Gasteiger partial charge is 0.478 e. The van der Waals surface area contributed by atoms with Crippen molar-refractivity contribution < 1.29 is 28.6 Å². The highest BCUT2D eigenvalue weighted by atomic mass is 16.5. The summed E-state index contributed by atoms with van der Waals surface area (Å²) in [5, 5.41) is 9.36. The third-order valence-electron chi connectivity index (χ3n) is 6.25. The molecule has 2 heterocycles. The van der Waals surface area contributed by atoms with Crippen LogP contribution in [0.2, 0.25) is 0 Å². The van der Waals surface area contributed by atoms with Crippen LogP contribution in [0.5, 0.6) is 0 Å². The van der Waals surface area contributed by atoms with Gasteiger partial charge in [0.05, 0.1) is 29.6 Å². The monoisotopic (exact) mass is 505 g/mol. The SMILES string of the molecule is COC(=O)c1ccc(-c2ccc(/C=C3\C=C(c4ccccc4)N(c4ccc(C(=O)O)cc4C)C3=O)o2)cc1. The van der Waals surface area contributed by atoms with Crippen LogP contribution in [-0.2, 0) is 9.53 Å². The Hall–Kier alpha value is -5.17. The first-order chi connectivity index (χ1) is 18.4. The van der Waals surface area contributed by atoms with Crippen LogP contribution in [0.25, 0.3) is 23.1 Å². The van der Waals surface area contributed by atoms with E-state index >= 15 is 0 Å². The summed E-state index contributed by atoms with van der Waals surface area (Å²) in [4.78, 5) is 38.4. The van der Waals surface area contributed by atoms with Gasteiger partial charge in [0.15, 0.2) is 0 Å². The number of carbonyl (C=O) groups excluding carboxylic acids is 2. The van der Waals surface area contributed by atoms with Gasteiger partial charge in [-0.15, -0.1) is 0 Å². The molecule has 1 N–H and O–H groups in total. The van der Waals surface area contributed by atoms with E-state index in [0.29, 0.717) is 39.6 Å². The van der Waals surface area contributed by atoms with Crippen molar-refractivity contribution in [3.8, 4) is 11.3 Å². The molecule has 0 saturated heterocycles. The lowest BCUT2D eigenvalue weighted by Crippen LogP contribution is -2.25. The van der Waals surface area contributed by atoms with Crippen LogP contribution in [0, 0.1) is 6.92 Å². The molecule has 1 amide bonds. The van der Waals surface area contributed by atoms with Gasteiger partial charge in [-0.25, -0.2) is 9.59 Å². The van der Waals surface area contributed by atoms with E-state index in [2.05, 4.69) is 0 Å². The van der Waals surface area contributed by atoms with Crippen LogP contribution in [0.4, 0.5) is 5.69 Å². The Morgan fingerprint density at radius 1 is 0.895 bits per heavy atom. The fourth-order valence-electron chi connectivity index (χ4n) is 4.34. The zero-order chi connectivity index (χ0) is 26.8. The normalized spacial score (nSPS) is 14.1. The Morgan fingerprint density at radius 2 is 1.61 bits per heavy atom. The molecule has 0 spiro atoms. The summed E-state index contributed by atoms with van der Waals surface area (Å²) >= 11 is 0. The fourth-order valence-corrected chi connectivity index (χ4v) is 4.34. The molecule has 7 heteroatoms. The lowest BCUT2D eigenvalue weighted by molar-refractivity contribution is -0.113. The van der Waals surface area contributed by atoms with Gasteiger partial charge >= 0.3 is 11.9 Å². The van der Waals surface area contributed by atoms with E-state index in [9.17, 15) is 19.5 Å². The van der Waals surface area contributed by atoms with Crippen molar-refractivity contribution in [3.63, 3.8) is 0 Å². The van der Waals surface area contributed by atoms with Gasteiger partial charge in [-0.05, 0) is 72.7 Å². The molecule has 1 aliphatic heterocycles. The van der Waals surface area contributed by atoms with Crippen LogP contribution < -0.4 is 4.90 Å². The maximum absolute atomic E-state index is 13.7. The van der Waals surface area contributed by atoms with Crippen molar-refractivity contribution in [3.05, 3.63) is 125 Å². The third-order valence-corrected chi connectivity index (χ3v) is 6.25. The van der Waals surface area contributed by atoms with Gasteiger partial charge < -0.3 is 14.3 Å². The van der Waals surface area contributed by atoms with Crippen molar-refractivity contribution in [2.75, 3.05) is 12.0 Å². The minimum atomic E-state index is -1.03. The second-order valence-corrected chi connectivity index (χ2v) is 8.71. The Morgan fingerprint density at radius 3 is 2.26 bits per heavy atom. The molecule has 0 atom stereocenters. The number of amides is 1. The smallest absolute Gasteiger partial charge is 0.337 e. The van der Waals surface area contributed by atoms with Crippen molar-refractivity contribution in [2.45, 2.75) is 6.92 Å². The predicted molar refractivity (Wildman–Crippen MR) is 144 cm³/mol. The average Bonchev–Trinajstić information content (AvgIpc) is 3.53. The molecule has 0 saturated carbocycles. The predicted octanol–water partition coefficient (Wildman–Crippen LogP) is 6.21. The van der Waals surface area contributed by atoms with E-state index in [1.165, 1.54) is 13.2 Å². The highest BCUT2D eigenvalue weighted by Crippen LogP contribution is 2.37. The Labute approximate surface area is 218 Å². The average molecular weight is 506 g/mol. The van der Waals surface area contributed by atoms with Crippen molar-refractivity contribution >= 4 is 35.3 Å². The number of esters is 1. The number of ether oxygens (including phenoxy) is 1. The second-order valence-electron chi connectivity index (χ2n) is 8.71. The summed E-state index contributed by atoms with van der Waals surface area (Å²) in [5.74, 6) is -0.623. The summed E-state index contributed by atoms with van der Waals surface area (Å²) in [6.07, 6.45) is 3.48. The molecule has 7 nitrogen and oxygen atoms in total. The summed E-state index contributed by atoms with van der Waals surface area (Å²) in [6.45, 7) is 1.78. The van der Waals surface area contributed by atoms with Crippen LogP contribution in [0.15, 0.2) is 101 Å². The number of benzene rings is 3. The molecular formula is C31H23NO6. The summed E-state index contributed by atoms with van der Waals surface area (Å²) in [6, 6.07) is 24.6. The number of carbonyl (C=O) groups is 3. The van der Waals surface area contributed by atoms with E-state index in [0.717, 1.165) is 11.1 Å². The molecule has 3 aromatic carbocycles. The first kappa shape index (κ1) is 24.5. The number of anilines is 1. The van der Waals surface area contributed by atoms with E-state index in [-0.39, 0.29) is 11.5 Å². The molecule has 38 heavy (non-hydrogen) atoms. The van der Waals surface area contributed by atoms with E-state index in [4.69, 9.17) is 9.15 Å². The fraction of sp³-hybridized carbons (Fsp3) is 0.0645. The number of hydrogen-bond donors (Lipinski definition) is 1. The first-order valence-corrected chi connectivity index (χ1v) is 11.8. The van der Waals surface area contributed by atoms with Gasteiger partial charge in [0, 0.05) is 11.1 Å². The number of carboxylic acids is 1. The maximum Gasteiger partial charge on any atom is 0.337 e. The standard InChI is InChI=1S/C31H23NO6/c1-19-16-23(30(34)35)12-14-26(19)32-27(20-6-4-3-5-7-20)18-24(29(32)33)17-25-13-15-28(38-25)21-8-10-22(11-9-21)31(36)37-2/h3-18H,1-2H3,(H,34,35)/b24-17+. The lowest BCUT2D eigenvalue weighted by Gasteiger charge is -2.23. The Kier molecular flexibility index (Phi) is 6.49. The molecular weight excluding hydrogens is 482 g/mol. The molecule has 0 unspecified atom stereocenters. The molecule has 0 aliphatic carbocycles.